The third-order valence-corrected chi connectivity index (χ3v) is 29.1. The van der Waals surface area contributed by atoms with E-state index in [0.717, 1.165) is 200 Å². The van der Waals surface area contributed by atoms with Crippen molar-refractivity contribution in [3.63, 3.8) is 0 Å². The number of anilines is 5. The first-order chi connectivity index (χ1) is 71.3. The Kier molecular flexibility index (Phi) is 35.9. The fourth-order valence-electron chi connectivity index (χ4n) is 18.8. The molecule has 20 rings (SSSR count). The third-order valence-electron chi connectivity index (χ3n) is 26.8. The molecule has 8 aromatic carbocycles. The molecule has 0 bridgehead atoms. The van der Waals surface area contributed by atoms with E-state index >= 15 is 0 Å². The van der Waals surface area contributed by atoms with Gasteiger partial charge < -0.3 is 104 Å². The topological polar surface area (TPSA) is 455 Å². The van der Waals surface area contributed by atoms with Crippen molar-refractivity contribution < 1.29 is 63.7 Å². The number of hydrogen-bond acceptors (Lipinski definition) is 22. The first kappa shape index (κ1) is 105. The summed E-state index contributed by atoms with van der Waals surface area (Å²) < 4.78 is 28.0. The van der Waals surface area contributed by atoms with Crippen molar-refractivity contribution in [2.24, 2.45) is 28.7 Å². The average Bonchev–Trinajstić information content (AvgIpc) is 1.77. The maximum absolute atomic E-state index is 12.0. The molecule has 0 radical (unpaired) electrons. The normalized spacial score (nSPS) is 18.9. The highest BCUT2D eigenvalue weighted by atomic mass is 32.2. The number of primary amides is 5. The monoisotopic (exact) mass is 2020 g/mol. The zero-order chi connectivity index (χ0) is 103. The van der Waals surface area contributed by atoms with E-state index in [2.05, 4.69) is 70.8 Å². The molecule has 15 aromatic rings. The predicted octanol–water partition coefficient (Wildman–Crippen LogP) is 20.5. The molecule has 0 aliphatic heterocycles. The number of pyridine rings is 2. The molecular weight excluding hydrogens is 1890 g/mol. The Morgan fingerprint density at radius 1 is 0.293 bits per heavy atom. The summed E-state index contributed by atoms with van der Waals surface area (Å²) in [5.41, 5.74) is 40.7. The number of amides is 5. The Morgan fingerprint density at radius 3 is 0.932 bits per heavy atom. The van der Waals surface area contributed by atoms with E-state index in [-0.39, 0.29) is 60.7 Å². The van der Waals surface area contributed by atoms with E-state index in [9.17, 15) is 49.5 Å². The van der Waals surface area contributed by atoms with Gasteiger partial charge in [-0.2, -0.15) is 0 Å². The summed E-state index contributed by atoms with van der Waals surface area (Å²) >= 11 is 3.30. The quantitative estimate of drug-likeness (QED) is 0.0199. The highest BCUT2D eigenvalue weighted by Crippen LogP contribution is 2.40. The predicted molar refractivity (Wildman–Crippen MR) is 577 cm³/mol. The molecule has 5 aliphatic rings. The van der Waals surface area contributed by atoms with Gasteiger partial charge in [0.2, 0.25) is 23.5 Å². The van der Waals surface area contributed by atoms with E-state index in [1.54, 1.807) is 72.3 Å². The van der Waals surface area contributed by atoms with Crippen molar-refractivity contribution in [1.82, 2.24) is 32.8 Å². The number of carbonyl (C=O) groups excluding carboxylic acids is 5. The first-order valence-electron chi connectivity index (χ1n) is 50.0. The summed E-state index contributed by atoms with van der Waals surface area (Å²) in [6.45, 7) is 4.12. The van der Waals surface area contributed by atoms with Crippen molar-refractivity contribution in [3.8, 4) is 63.5 Å². The van der Waals surface area contributed by atoms with Crippen LogP contribution in [-0.4, -0.2) is 149 Å². The number of rotatable bonds is 30. The number of aromatic nitrogens is 7. The summed E-state index contributed by atoms with van der Waals surface area (Å²) in [6.07, 6.45) is 28.3. The van der Waals surface area contributed by atoms with E-state index in [1.165, 1.54) is 10.5 Å². The zero-order valence-corrected chi connectivity index (χ0v) is 83.8. The number of nitrogens with zero attached hydrogens (tertiary/aromatic N) is 7. The minimum absolute atomic E-state index is 0.195. The average molecular weight is 2020 g/mol. The number of ether oxygens (including phenoxy) is 3. The van der Waals surface area contributed by atoms with Gasteiger partial charge in [0.25, 0.3) is 29.5 Å². The lowest BCUT2D eigenvalue weighted by atomic mass is 9.92. The number of hydrogen-bond donors (Lipinski definition) is 15. The molecule has 0 unspecified atom stereocenters. The highest BCUT2D eigenvalue weighted by molar-refractivity contribution is 7.99. The van der Waals surface area contributed by atoms with Crippen molar-refractivity contribution in [3.05, 3.63) is 349 Å². The fourth-order valence-corrected chi connectivity index (χ4v) is 20.7. The smallest absolute Gasteiger partial charge is 0.250 e. The van der Waals surface area contributed by atoms with Gasteiger partial charge in [0.05, 0.1) is 85.5 Å². The van der Waals surface area contributed by atoms with Crippen LogP contribution in [0.15, 0.2) is 330 Å². The number of aliphatic hydroxyl groups excluding tert-OH is 5. The minimum Gasteiger partial charge on any atom is -0.440 e. The molecule has 5 saturated carbocycles. The number of nitrogens with two attached hydrogens (primary N) is 5. The SMILES string of the molecule is Cc1ccccc1Oc1cccn1-c1ccc(C(N)=O)c(NC2CCC(O)CC2)c1.Cc1ccccc1Sc1cccn1-c1ccc(C(N)=O)c(NC2CCC(O)CC2)c1.NC(=O)c1ccc(-n2cccc2Oc2ccccc2)cc1NC1CCC(O)CC1.NC(=O)c1ccc(-n2cccc2Oc2ccccn2)cc1NC1CCC(O)CC1.NC(=O)c1ccc(-n2cccc2Sc2ccccn2)cc1NC1CCC(O)CC1. The summed E-state index contributed by atoms with van der Waals surface area (Å²) in [4.78, 5) is 69.6. The van der Waals surface area contributed by atoms with E-state index in [1.807, 2.05) is 264 Å². The Balaban J connectivity index is 0.000000131. The van der Waals surface area contributed by atoms with Gasteiger partial charge in [-0.15, -0.1) is 0 Å². The second-order valence-electron chi connectivity index (χ2n) is 37.5. The Bertz CT molecular complexity index is 6360. The molecule has 5 aliphatic carbocycles. The van der Waals surface area contributed by atoms with Crippen LogP contribution in [-0.2, 0) is 0 Å². The highest BCUT2D eigenvalue weighted by Gasteiger charge is 2.29. The Morgan fingerprint density at radius 2 is 0.592 bits per heavy atom. The largest absolute Gasteiger partial charge is 0.440 e. The van der Waals surface area contributed by atoms with Crippen molar-refractivity contribution in [2.45, 2.75) is 223 Å². The van der Waals surface area contributed by atoms with Gasteiger partial charge in [-0.3, -0.25) is 37.7 Å². The molecule has 147 heavy (non-hydrogen) atoms. The van der Waals surface area contributed by atoms with Crippen LogP contribution in [0.2, 0.25) is 0 Å². The number of aryl methyl sites for hydroxylation is 2. The first-order valence-corrected chi connectivity index (χ1v) is 51.6. The van der Waals surface area contributed by atoms with Crippen LogP contribution >= 0.6 is 23.5 Å². The molecule has 7 aromatic heterocycles. The van der Waals surface area contributed by atoms with Gasteiger partial charge in [-0.1, -0.05) is 90.3 Å². The molecule has 0 atom stereocenters. The molecule has 7 heterocycles. The van der Waals surface area contributed by atoms with Gasteiger partial charge in [0.15, 0.2) is 0 Å². The van der Waals surface area contributed by atoms with E-state index < -0.39 is 29.5 Å². The number of aliphatic hydroxyl groups is 5. The molecule has 0 saturated heterocycles. The van der Waals surface area contributed by atoms with Gasteiger partial charge in [0, 0.05) is 143 Å². The molecule has 5 amide bonds. The lowest BCUT2D eigenvalue weighted by molar-refractivity contribution is 0.0992. The van der Waals surface area contributed by atoms with Crippen LogP contribution in [0.1, 0.15) is 191 Å². The summed E-state index contributed by atoms with van der Waals surface area (Å²) in [5, 5.41) is 69.1. The number of carbonyl (C=O) groups is 5. The second-order valence-corrected chi connectivity index (χ2v) is 39.6. The molecule has 762 valence electrons. The molecule has 32 heteroatoms. The van der Waals surface area contributed by atoms with Crippen LogP contribution in [0.4, 0.5) is 28.4 Å². The number of benzene rings is 8. The minimum atomic E-state index is -0.479. The Hall–Kier alpha value is -15.3. The van der Waals surface area contributed by atoms with Crippen LogP contribution in [0.25, 0.3) is 28.4 Å². The van der Waals surface area contributed by atoms with Crippen LogP contribution in [0.5, 0.6) is 35.0 Å². The maximum Gasteiger partial charge on any atom is 0.250 e. The van der Waals surface area contributed by atoms with Crippen molar-refractivity contribution in [1.29, 1.82) is 0 Å². The number of para-hydroxylation sites is 2. The second kappa shape index (κ2) is 50.5. The maximum atomic E-state index is 12.0. The van der Waals surface area contributed by atoms with Crippen molar-refractivity contribution >= 4 is 81.5 Å². The third kappa shape index (κ3) is 28.5. The van der Waals surface area contributed by atoms with Gasteiger partial charge in [0.1, 0.15) is 16.5 Å². The van der Waals surface area contributed by atoms with Gasteiger partial charge >= 0.3 is 0 Å². The van der Waals surface area contributed by atoms with Crippen LogP contribution in [0.3, 0.4) is 0 Å². The Labute approximate surface area is 863 Å². The molecule has 30 nitrogen and oxygen atoms in total. The number of nitrogens with one attached hydrogen (secondary N) is 5. The lowest BCUT2D eigenvalue weighted by Crippen LogP contribution is -2.29. The molecule has 5 fully saturated rings. The lowest BCUT2D eigenvalue weighted by Gasteiger charge is -2.28. The summed E-state index contributed by atoms with van der Waals surface area (Å²) in [7, 11) is 0. The van der Waals surface area contributed by atoms with E-state index in [0.29, 0.717) is 68.4 Å². The van der Waals surface area contributed by atoms with Crippen molar-refractivity contribution in [2.75, 3.05) is 26.6 Å². The fraction of sp³-hybridized carbons (Fsp3) is 0.278. The molecule has 20 N–H and O–H groups in total. The standard InChI is InChI=1S/C24H27N3O3.C24H27N3O2S.C23H25N3O3.C22H24N4O3.C22H24N4O2S/c2*1-16-5-2-3-6-22(16)30-23-7-4-14-27(23)18-10-13-20(24(25)29)21(15-18)26-17-8-11-19(28)12-9-17;24-23(28)20-13-10-17(15-21(20)25-16-8-11-18(27)12-9-16)26-14-4-7-22(26)29-19-5-2-1-3-6-19;2*23-22(28)18-11-8-16(14-19(18)25-15-6-9-17(27)10-7-15)26-13-3-5-21(26)29-20-4-1-2-12-24-20/h2*2-7,10,13-15,17,19,26,28H,8-9,11-12H2,1H3,(H2,25,29);1-7,10,13-16,18,25,27H,8-9,11-12H2,(H2,24,28);2*1-5,8,11-15,17,25,27H,6-7,9-10H2,(H2,23,28). The van der Waals surface area contributed by atoms with Gasteiger partial charge in [-0.25, -0.2) is 9.97 Å². The molecule has 0 spiro atoms. The van der Waals surface area contributed by atoms with Crippen LogP contribution in [0, 0.1) is 13.8 Å². The summed E-state index contributed by atoms with van der Waals surface area (Å²) in [6, 6.07) is 85.5. The van der Waals surface area contributed by atoms with Gasteiger partial charge in [-0.05, 0) is 329 Å². The molecular formula is C115H127N17O13S2. The van der Waals surface area contributed by atoms with E-state index in [4.69, 9.17) is 42.9 Å². The van der Waals surface area contributed by atoms with Crippen LogP contribution < -0.4 is 69.5 Å². The zero-order valence-electron chi connectivity index (χ0n) is 82.2. The summed E-state index contributed by atoms with van der Waals surface area (Å²) in [5.74, 6) is 1.71.